The summed E-state index contributed by atoms with van der Waals surface area (Å²) in [7, 11) is 1.81. The van der Waals surface area contributed by atoms with Crippen molar-refractivity contribution in [2.45, 2.75) is 20.3 Å². The van der Waals surface area contributed by atoms with Crippen LogP contribution in [-0.4, -0.2) is 18.3 Å². The second-order valence-electron chi connectivity index (χ2n) is 2.21. The van der Waals surface area contributed by atoms with E-state index in [1.165, 1.54) is 12.2 Å². The Labute approximate surface area is 61.9 Å². The molecule has 1 unspecified atom stereocenters. The third-order valence-electron chi connectivity index (χ3n) is 1.26. The van der Waals surface area contributed by atoms with Gasteiger partial charge in [-0.05, 0) is 5.92 Å². The fraction of sp³-hybridized carbons (Fsp3) is 0.857. The van der Waals surface area contributed by atoms with Crippen LogP contribution in [0.3, 0.4) is 0 Å². The molecule has 1 atom stereocenters. The van der Waals surface area contributed by atoms with Gasteiger partial charge >= 0.3 is 0 Å². The van der Waals surface area contributed by atoms with Crippen molar-refractivity contribution < 1.29 is 0 Å². The second-order valence-corrected chi connectivity index (χ2v) is 3.09. The van der Waals surface area contributed by atoms with Crippen LogP contribution in [0.25, 0.3) is 0 Å². The summed E-state index contributed by atoms with van der Waals surface area (Å²) in [5.41, 5.74) is 1.91. The van der Waals surface area contributed by atoms with Crippen molar-refractivity contribution in [3.05, 3.63) is 0 Å². The third-order valence-corrected chi connectivity index (χ3v) is 2.38. The van der Waals surface area contributed by atoms with Crippen molar-refractivity contribution in [2.24, 2.45) is 10.9 Å². The first-order valence-corrected chi connectivity index (χ1v) is 4.38. The standard InChI is InChI=1S/C7H15NS/c1-4-7(2)5-9-6-8-3/h6-7H,4-5H2,1-3H3. The Kier molecular flexibility index (Phi) is 6.16. The first-order chi connectivity index (χ1) is 4.31. The smallest absolute Gasteiger partial charge is 0.0537 e. The lowest BCUT2D eigenvalue weighted by Gasteiger charge is -2.02. The van der Waals surface area contributed by atoms with E-state index in [0.29, 0.717) is 0 Å². The van der Waals surface area contributed by atoms with Crippen LogP contribution < -0.4 is 0 Å². The zero-order chi connectivity index (χ0) is 7.11. The molecule has 0 saturated heterocycles. The van der Waals surface area contributed by atoms with Gasteiger partial charge in [-0.2, -0.15) is 0 Å². The summed E-state index contributed by atoms with van der Waals surface area (Å²) >= 11 is 1.79. The molecule has 0 aliphatic heterocycles. The average molecular weight is 145 g/mol. The molecule has 0 amide bonds. The minimum atomic E-state index is 0.827. The van der Waals surface area contributed by atoms with Crippen LogP contribution in [0.4, 0.5) is 0 Å². The predicted molar refractivity (Wildman–Crippen MR) is 46.3 cm³/mol. The van der Waals surface area contributed by atoms with Crippen LogP contribution in [0.2, 0.25) is 0 Å². The number of rotatable bonds is 4. The van der Waals surface area contributed by atoms with Crippen LogP contribution in [0.1, 0.15) is 20.3 Å². The van der Waals surface area contributed by atoms with E-state index in [0.717, 1.165) is 5.92 Å². The normalized spacial score (nSPS) is 14.6. The maximum atomic E-state index is 3.88. The first kappa shape index (κ1) is 9.02. The number of nitrogens with zero attached hydrogens (tertiary/aromatic N) is 1. The Morgan fingerprint density at radius 1 is 1.67 bits per heavy atom. The molecule has 0 aliphatic rings. The zero-order valence-corrected chi connectivity index (χ0v) is 7.24. The molecule has 0 heterocycles. The molecule has 0 rings (SSSR count). The van der Waals surface area contributed by atoms with Gasteiger partial charge in [0.05, 0.1) is 5.55 Å². The maximum absolute atomic E-state index is 3.88. The molecular weight excluding hydrogens is 130 g/mol. The average Bonchev–Trinajstić information content (AvgIpc) is 1.89. The Balaban J connectivity index is 3.06. The number of hydrogen-bond donors (Lipinski definition) is 0. The molecular formula is C7H15NS. The highest BCUT2D eigenvalue weighted by atomic mass is 32.2. The van der Waals surface area contributed by atoms with Gasteiger partial charge in [-0.15, -0.1) is 11.8 Å². The molecule has 0 fully saturated rings. The van der Waals surface area contributed by atoms with E-state index in [-0.39, 0.29) is 0 Å². The Morgan fingerprint density at radius 3 is 2.78 bits per heavy atom. The predicted octanol–water partition coefficient (Wildman–Crippen LogP) is 2.42. The van der Waals surface area contributed by atoms with E-state index in [9.17, 15) is 0 Å². The van der Waals surface area contributed by atoms with E-state index in [2.05, 4.69) is 18.8 Å². The van der Waals surface area contributed by atoms with Gasteiger partial charge in [-0.1, -0.05) is 20.3 Å². The molecule has 0 N–H and O–H groups in total. The molecule has 0 aromatic heterocycles. The first-order valence-electron chi connectivity index (χ1n) is 3.33. The van der Waals surface area contributed by atoms with Gasteiger partial charge in [0.1, 0.15) is 0 Å². The van der Waals surface area contributed by atoms with Crippen LogP contribution in [0.5, 0.6) is 0 Å². The highest BCUT2D eigenvalue weighted by Crippen LogP contribution is 2.07. The molecule has 0 aromatic carbocycles. The highest BCUT2D eigenvalue weighted by molar-refractivity contribution is 8.12. The molecule has 9 heavy (non-hydrogen) atoms. The molecule has 0 aliphatic carbocycles. The van der Waals surface area contributed by atoms with Crippen molar-refractivity contribution in [2.75, 3.05) is 12.8 Å². The minimum Gasteiger partial charge on any atom is -0.290 e. The lowest BCUT2D eigenvalue weighted by molar-refractivity contribution is 0.638. The monoisotopic (exact) mass is 145 g/mol. The zero-order valence-electron chi connectivity index (χ0n) is 6.42. The van der Waals surface area contributed by atoms with Gasteiger partial charge in [0.2, 0.25) is 0 Å². The summed E-state index contributed by atoms with van der Waals surface area (Å²) in [6.07, 6.45) is 1.27. The molecule has 1 nitrogen and oxygen atoms in total. The van der Waals surface area contributed by atoms with Crippen molar-refractivity contribution >= 4 is 17.3 Å². The van der Waals surface area contributed by atoms with Crippen molar-refractivity contribution in [3.63, 3.8) is 0 Å². The summed E-state index contributed by atoms with van der Waals surface area (Å²) in [5, 5.41) is 0. The van der Waals surface area contributed by atoms with Gasteiger partial charge in [-0.25, -0.2) is 0 Å². The molecule has 54 valence electrons. The topological polar surface area (TPSA) is 12.4 Å². The van der Waals surface area contributed by atoms with Crippen LogP contribution in [0.15, 0.2) is 4.99 Å². The summed E-state index contributed by atoms with van der Waals surface area (Å²) in [5.74, 6) is 2.03. The largest absolute Gasteiger partial charge is 0.290 e. The summed E-state index contributed by atoms with van der Waals surface area (Å²) in [6, 6.07) is 0. The van der Waals surface area contributed by atoms with E-state index < -0.39 is 0 Å². The van der Waals surface area contributed by atoms with Crippen molar-refractivity contribution in [3.8, 4) is 0 Å². The van der Waals surface area contributed by atoms with E-state index in [1.54, 1.807) is 11.8 Å². The fourth-order valence-corrected chi connectivity index (χ4v) is 1.20. The molecule has 0 saturated carbocycles. The van der Waals surface area contributed by atoms with Crippen LogP contribution in [0, 0.1) is 5.92 Å². The SMILES string of the molecule is CCC(C)CSC=NC. The van der Waals surface area contributed by atoms with Crippen LogP contribution in [-0.2, 0) is 0 Å². The molecule has 0 aromatic rings. The van der Waals surface area contributed by atoms with E-state index in [1.807, 2.05) is 12.6 Å². The van der Waals surface area contributed by atoms with Crippen molar-refractivity contribution in [1.29, 1.82) is 0 Å². The minimum absolute atomic E-state index is 0.827. The van der Waals surface area contributed by atoms with Gasteiger partial charge < -0.3 is 0 Å². The molecule has 2 heteroatoms. The number of aliphatic imine (C=N–C) groups is 1. The molecule has 0 spiro atoms. The number of thioether (sulfide) groups is 1. The fourth-order valence-electron chi connectivity index (χ4n) is 0.400. The van der Waals surface area contributed by atoms with Crippen LogP contribution >= 0.6 is 11.8 Å². The maximum Gasteiger partial charge on any atom is 0.0537 e. The van der Waals surface area contributed by atoms with Gasteiger partial charge in [0, 0.05) is 12.8 Å². The van der Waals surface area contributed by atoms with E-state index in [4.69, 9.17) is 0 Å². The van der Waals surface area contributed by atoms with Gasteiger partial charge in [0.25, 0.3) is 0 Å². The van der Waals surface area contributed by atoms with Crippen molar-refractivity contribution in [1.82, 2.24) is 0 Å². The summed E-state index contributed by atoms with van der Waals surface area (Å²) in [6.45, 7) is 4.48. The summed E-state index contributed by atoms with van der Waals surface area (Å²) in [4.78, 5) is 3.88. The second kappa shape index (κ2) is 6.14. The lowest BCUT2D eigenvalue weighted by atomic mass is 10.2. The number of hydrogen-bond acceptors (Lipinski definition) is 2. The Morgan fingerprint density at radius 2 is 2.33 bits per heavy atom. The molecule has 0 radical (unpaired) electrons. The van der Waals surface area contributed by atoms with Gasteiger partial charge in [0.15, 0.2) is 0 Å². The van der Waals surface area contributed by atoms with Gasteiger partial charge in [-0.3, -0.25) is 4.99 Å². The third kappa shape index (κ3) is 5.90. The molecule has 0 bridgehead atoms. The highest BCUT2D eigenvalue weighted by Gasteiger charge is 1.94. The van der Waals surface area contributed by atoms with E-state index >= 15 is 0 Å². The quantitative estimate of drug-likeness (QED) is 0.437. The summed E-state index contributed by atoms with van der Waals surface area (Å²) < 4.78 is 0. The Bertz CT molecular complexity index is 81.0. The lowest BCUT2D eigenvalue weighted by Crippen LogP contribution is -1.94. The Hall–Kier alpha value is 0.0200.